The highest BCUT2D eigenvalue weighted by molar-refractivity contribution is 5.79. The number of esters is 1. The third-order valence-electron chi connectivity index (χ3n) is 3.80. The van der Waals surface area contributed by atoms with E-state index in [4.69, 9.17) is 18.3 Å². The summed E-state index contributed by atoms with van der Waals surface area (Å²) < 4.78 is 21.2. The number of hydrogen-bond donors (Lipinski definition) is 0. The van der Waals surface area contributed by atoms with Crippen LogP contribution in [0.25, 0.3) is 21.9 Å². The number of carbonyl (C=O) groups is 1. The lowest BCUT2D eigenvalue weighted by Crippen LogP contribution is -2.14. The molecule has 6 heteroatoms. The minimum absolute atomic E-state index is 0.0312. The highest BCUT2D eigenvalue weighted by Gasteiger charge is 2.09. The van der Waals surface area contributed by atoms with Crippen molar-refractivity contribution in [2.75, 3.05) is 6.61 Å². The van der Waals surface area contributed by atoms with Gasteiger partial charge in [-0.25, -0.2) is 9.59 Å². The van der Waals surface area contributed by atoms with Crippen molar-refractivity contribution in [1.82, 2.24) is 0 Å². The first-order chi connectivity index (χ1) is 12.7. The summed E-state index contributed by atoms with van der Waals surface area (Å²) in [6.07, 6.45) is 0. The second-order valence-electron chi connectivity index (χ2n) is 5.65. The Labute approximate surface area is 147 Å². The molecule has 0 saturated carbocycles. The molecule has 6 nitrogen and oxygen atoms in total. The van der Waals surface area contributed by atoms with Crippen molar-refractivity contribution in [2.24, 2.45) is 0 Å². The largest absolute Gasteiger partial charge is 0.482 e. The second kappa shape index (κ2) is 6.76. The van der Waals surface area contributed by atoms with Gasteiger partial charge in [0.05, 0.1) is 0 Å². The monoisotopic (exact) mass is 350 g/mol. The van der Waals surface area contributed by atoms with Crippen molar-refractivity contribution in [3.63, 3.8) is 0 Å². The Bertz CT molecular complexity index is 1100. The van der Waals surface area contributed by atoms with E-state index in [1.807, 2.05) is 30.3 Å². The quantitative estimate of drug-likeness (QED) is 0.404. The number of furan rings is 1. The molecule has 0 radical (unpaired) electrons. The van der Waals surface area contributed by atoms with Gasteiger partial charge in [0.15, 0.2) is 6.61 Å². The zero-order valence-electron chi connectivity index (χ0n) is 13.6. The fourth-order valence-corrected chi connectivity index (χ4v) is 2.57. The predicted octanol–water partition coefficient (Wildman–Crippen LogP) is 3.66. The van der Waals surface area contributed by atoms with Crippen molar-refractivity contribution in [3.05, 3.63) is 76.8 Å². The fraction of sp³-hybridized carbons (Fsp3) is 0.100. The van der Waals surface area contributed by atoms with Gasteiger partial charge < -0.3 is 18.3 Å². The normalized spacial score (nSPS) is 10.9. The molecular weight excluding hydrogens is 336 g/mol. The molecular formula is C20H14O6. The molecule has 0 bridgehead atoms. The van der Waals surface area contributed by atoms with E-state index in [0.717, 1.165) is 16.4 Å². The van der Waals surface area contributed by atoms with Gasteiger partial charge in [0.25, 0.3) is 0 Å². The summed E-state index contributed by atoms with van der Waals surface area (Å²) in [5.74, 6) is 0.444. The van der Waals surface area contributed by atoms with Crippen LogP contribution >= 0.6 is 0 Å². The summed E-state index contributed by atoms with van der Waals surface area (Å²) in [7, 11) is 0. The highest BCUT2D eigenvalue weighted by atomic mass is 16.6. The van der Waals surface area contributed by atoms with Crippen LogP contribution in [0.1, 0.15) is 5.76 Å². The molecule has 0 fully saturated rings. The minimum Gasteiger partial charge on any atom is -0.482 e. The SMILES string of the molecule is O=C(COc1ccc2ccc(=O)oc2c1)OCc1cc2ccccc2o1. The van der Waals surface area contributed by atoms with Crippen LogP contribution in [0.15, 0.2) is 74.3 Å². The Balaban J connectivity index is 1.35. The molecule has 0 spiro atoms. The summed E-state index contributed by atoms with van der Waals surface area (Å²) in [4.78, 5) is 23.1. The van der Waals surface area contributed by atoms with Gasteiger partial charge in [0.2, 0.25) is 0 Å². The van der Waals surface area contributed by atoms with Crippen LogP contribution in [0, 0.1) is 0 Å². The van der Waals surface area contributed by atoms with E-state index in [2.05, 4.69) is 0 Å². The maximum absolute atomic E-state index is 11.9. The number of carbonyl (C=O) groups excluding carboxylic acids is 1. The Hall–Kier alpha value is -3.54. The molecule has 0 N–H and O–H groups in total. The van der Waals surface area contributed by atoms with Gasteiger partial charge in [-0.1, -0.05) is 18.2 Å². The predicted molar refractivity (Wildman–Crippen MR) is 94.0 cm³/mol. The van der Waals surface area contributed by atoms with E-state index in [-0.39, 0.29) is 13.2 Å². The first kappa shape index (κ1) is 16.0. The Morgan fingerprint density at radius 3 is 2.62 bits per heavy atom. The molecule has 0 amide bonds. The van der Waals surface area contributed by atoms with E-state index >= 15 is 0 Å². The van der Waals surface area contributed by atoms with Crippen LogP contribution in [-0.2, 0) is 16.1 Å². The van der Waals surface area contributed by atoms with E-state index in [9.17, 15) is 9.59 Å². The van der Waals surface area contributed by atoms with E-state index in [0.29, 0.717) is 17.1 Å². The van der Waals surface area contributed by atoms with E-state index < -0.39 is 11.6 Å². The van der Waals surface area contributed by atoms with Crippen LogP contribution in [0.5, 0.6) is 5.75 Å². The third kappa shape index (κ3) is 3.44. The highest BCUT2D eigenvalue weighted by Crippen LogP contribution is 2.20. The number of hydrogen-bond acceptors (Lipinski definition) is 6. The number of fused-ring (bicyclic) bond motifs is 2. The number of para-hydroxylation sites is 1. The first-order valence-corrected chi connectivity index (χ1v) is 7.97. The molecule has 0 saturated heterocycles. The summed E-state index contributed by atoms with van der Waals surface area (Å²) in [5.41, 5.74) is 0.693. The van der Waals surface area contributed by atoms with Crippen LogP contribution in [-0.4, -0.2) is 12.6 Å². The van der Waals surface area contributed by atoms with Gasteiger partial charge in [0, 0.05) is 22.9 Å². The van der Waals surface area contributed by atoms with Gasteiger partial charge in [-0.15, -0.1) is 0 Å². The molecule has 2 aromatic carbocycles. The lowest BCUT2D eigenvalue weighted by Gasteiger charge is -2.06. The summed E-state index contributed by atoms with van der Waals surface area (Å²) in [5, 5.41) is 1.72. The number of ether oxygens (including phenoxy) is 2. The topological polar surface area (TPSA) is 78.9 Å². The lowest BCUT2D eigenvalue weighted by atomic mass is 10.2. The summed E-state index contributed by atoms with van der Waals surface area (Å²) in [6, 6.07) is 17.4. The Kier molecular flexibility index (Phi) is 4.15. The fourth-order valence-electron chi connectivity index (χ4n) is 2.57. The third-order valence-corrected chi connectivity index (χ3v) is 3.80. The zero-order chi connectivity index (χ0) is 17.9. The maximum atomic E-state index is 11.9. The maximum Gasteiger partial charge on any atom is 0.344 e. The van der Waals surface area contributed by atoms with Crippen molar-refractivity contribution in [3.8, 4) is 5.75 Å². The molecule has 0 unspecified atom stereocenters. The molecule has 4 aromatic rings. The van der Waals surface area contributed by atoms with Crippen LogP contribution in [0.3, 0.4) is 0 Å². The molecule has 0 aliphatic rings. The van der Waals surface area contributed by atoms with Crippen molar-refractivity contribution in [1.29, 1.82) is 0 Å². The standard InChI is InChI=1S/C20H14O6/c21-19-8-6-13-5-7-15(10-18(13)26-19)23-12-20(22)24-11-16-9-14-3-1-2-4-17(14)25-16/h1-10H,11-12H2. The van der Waals surface area contributed by atoms with Crippen molar-refractivity contribution >= 4 is 27.9 Å². The van der Waals surface area contributed by atoms with E-state index in [1.165, 1.54) is 6.07 Å². The summed E-state index contributed by atoms with van der Waals surface area (Å²) in [6.45, 7) is -0.230. The van der Waals surface area contributed by atoms with Crippen LogP contribution in [0.4, 0.5) is 0 Å². The van der Waals surface area contributed by atoms with Gasteiger partial charge in [-0.3, -0.25) is 0 Å². The second-order valence-corrected chi connectivity index (χ2v) is 5.65. The van der Waals surface area contributed by atoms with Gasteiger partial charge in [-0.05, 0) is 30.3 Å². The van der Waals surface area contributed by atoms with Crippen molar-refractivity contribution < 1.29 is 23.1 Å². The lowest BCUT2D eigenvalue weighted by molar-refractivity contribution is -0.147. The molecule has 130 valence electrons. The molecule has 0 atom stereocenters. The molecule has 4 rings (SSSR count). The average molecular weight is 350 g/mol. The molecule has 0 aliphatic heterocycles. The minimum atomic E-state index is -0.528. The molecule has 26 heavy (non-hydrogen) atoms. The zero-order valence-corrected chi connectivity index (χ0v) is 13.6. The van der Waals surface area contributed by atoms with Gasteiger partial charge >= 0.3 is 11.6 Å². The first-order valence-electron chi connectivity index (χ1n) is 7.97. The number of rotatable bonds is 5. The van der Waals surface area contributed by atoms with Crippen LogP contribution < -0.4 is 10.4 Å². The number of benzene rings is 2. The van der Waals surface area contributed by atoms with Gasteiger partial charge in [-0.2, -0.15) is 0 Å². The Morgan fingerprint density at radius 2 is 1.73 bits per heavy atom. The van der Waals surface area contributed by atoms with E-state index in [1.54, 1.807) is 24.3 Å². The summed E-state index contributed by atoms with van der Waals surface area (Å²) >= 11 is 0. The average Bonchev–Trinajstić information content (AvgIpc) is 3.07. The van der Waals surface area contributed by atoms with Gasteiger partial charge in [0.1, 0.15) is 29.3 Å². The smallest absolute Gasteiger partial charge is 0.344 e. The Morgan fingerprint density at radius 1 is 0.885 bits per heavy atom. The van der Waals surface area contributed by atoms with Crippen LogP contribution in [0.2, 0.25) is 0 Å². The van der Waals surface area contributed by atoms with Crippen molar-refractivity contribution in [2.45, 2.75) is 6.61 Å². The molecule has 2 heterocycles. The molecule has 2 aromatic heterocycles. The molecule has 0 aliphatic carbocycles.